The smallest absolute Gasteiger partial charge is 0.341 e. The number of hydrogen-bond acceptors (Lipinski definition) is 2. The van der Waals surface area contributed by atoms with Gasteiger partial charge in [-0.1, -0.05) is 28.9 Å². The molecule has 0 bridgehead atoms. The molecule has 0 amide bonds. The summed E-state index contributed by atoms with van der Waals surface area (Å²) in [6.45, 7) is 3.82. The highest BCUT2D eigenvalue weighted by molar-refractivity contribution is 9.11. The Morgan fingerprint density at radius 1 is 1.82 bits per heavy atom. The lowest BCUT2D eigenvalue weighted by atomic mass is 10.4. The fourth-order valence-corrected chi connectivity index (χ4v) is 1.86. The Hall–Kier alpha value is 0.0400. The summed E-state index contributed by atoms with van der Waals surface area (Å²) in [6.07, 6.45) is 2.47. The van der Waals surface area contributed by atoms with Crippen molar-refractivity contribution < 1.29 is 9.90 Å². The molecule has 0 aliphatic rings. The van der Waals surface area contributed by atoms with Crippen molar-refractivity contribution in [2.24, 2.45) is 0 Å². The minimum Gasteiger partial charge on any atom is -0.477 e. The van der Waals surface area contributed by atoms with Crippen LogP contribution in [0, 0.1) is 0 Å². The van der Waals surface area contributed by atoms with Gasteiger partial charge in [-0.15, -0.1) is 11.8 Å². The molecule has 1 N–H and O–H groups in total. The van der Waals surface area contributed by atoms with Crippen LogP contribution in [-0.4, -0.2) is 15.2 Å². The van der Waals surface area contributed by atoms with Crippen LogP contribution in [0.1, 0.15) is 20.3 Å². The van der Waals surface area contributed by atoms with Crippen LogP contribution in [0.5, 0.6) is 0 Å². The fourth-order valence-electron chi connectivity index (χ4n) is 0.546. The first-order valence-electron chi connectivity index (χ1n) is 3.32. The average molecular weight is 239 g/mol. The lowest BCUT2D eigenvalue weighted by molar-refractivity contribution is -0.131. The van der Waals surface area contributed by atoms with E-state index in [1.165, 1.54) is 11.8 Å². The second-order valence-corrected chi connectivity index (χ2v) is 5.30. The largest absolute Gasteiger partial charge is 0.477 e. The van der Waals surface area contributed by atoms with Crippen molar-refractivity contribution in [1.29, 1.82) is 0 Å². The van der Waals surface area contributed by atoms with Gasteiger partial charge in [-0.05, 0) is 13.3 Å². The van der Waals surface area contributed by atoms with E-state index in [0.29, 0.717) is 4.91 Å². The van der Waals surface area contributed by atoms with Crippen LogP contribution in [0.25, 0.3) is 0 Å². The molecule has 64 valence electrons. The van der Waals surface area contributed by atoms with Gasteiger partial charge in [0.05, 0.1) is 9.06 Å². The number of halogens is 1. The molecule has 0 saturated heterocycles. The molecule has 2 nitrogen and oxygen atoms in total. The number of alkyl halides is 1. The van der Waals surface area contributed by atoms with Crippen molar-refractivity contribution >= 4 is 33.7 Å². The molecule has 0 aromatic heterocycles. The molecule has 0 aromatic rings. The van der Waals surface area contributed by atoms with Crippen molar-refractivity contribution in [1.82, 2.24) is 0 Å². The van der Waals surface area contributed by atoms with E-state index < -0.39 is 5.97 Å². The number of rotatable bonds is 4. The van der Waals surface area contributed by atoms with Crippen molar-refractivity contribution in [2.45, 2.75) is 24.4 Å². The third-order valence-corrected chi connectivity index (χ3v) is 2.37. The quantitative estimate of drug-likeness (QED) is 0.605. The third kappa shape index (κ3) is 5.32. The molecular weight excluding hydrogens is 228 g/mol. The highest BCUT2D eigenvalue weighted by Gasteiger charge is 2.09. The molecule has 0 aliphatic heterocycles. The van der Waals surface area contributed by atoms with Gasteiger partial charge in [0.2, 0.25) is 0 Å². The van der Waals surface area contributed by atoms with Crippen LogP contribution in [0.15, 0.2) is 11.0 Å². The molecular formula is C7H11BrO2S. The third-order valence-electron chi connectivity index (χ3n) is 0.890. The molecule has 0 saturated carbocycles. The van der Waals surface area contributed by atoms with Crippen LogP contribution < -0.4 is 0 Å². The monoisotopic (exact) mass is 238 g/mol. The van der Waals surface area contributed by atoms with E-state index >= 15 is 0 Å². The van der Waals surface area contributed by atoms with Crippen LogP contribution >= 0.6 is 27.7 Å². The Balaban J connectivity index is 4.12. The first-order valence-corrected chi connectivity index (χ1v) is 5.11. The number of aliphatic carboxylic acids is 1. The number of carboxylic acids is 1. The summed E-state index contributed by atoms with van der Waals surface area (Å²) in [6, 6.07) is 0. The topological polar surface area (TPSA) is 37.3 Å². The number of carboxylic acid groups (broad SMARTS) is 1. The highest BCUT2D eigenvalue weighted by Crippen LogP contribution is 2.25. The number of allylic oxidation sites excluding steroid dienone is 1. The van der Waals surface area contributed by atoms with Crippen molar-refractivity contribution in [3.8, 4) is 0 Å². The van der Waals surface area contributed by atoms with Gasteiger partial charge in [-0.2, -0.15) is 0 Å². The first-order chi connectivity index (χ1) is 5.07. The molecule has 0 rings (SSSR count). The minimum absolute atomic E-state index is 0.149. The van der Waals surface area contributed by atoms with E-state index in [4.69, 9.17) is 5.11 Å². The lowest BCUT2D eigenvalue weighted by Crippen LogP contribution is -1.98. The van der Waals surface area contributed by atoms with Gasteiger partial charge in [0.25, 0.3) is 0 Å². The zero-order chi connectivity index (χ0) is 8.85. The maximum Gasteiger partial charge on any atom is 0.341 e. The Labute approximate surface area is 79.2 Å². The summed E-state index contributed by atoms with van der Waals surface area (Å²) in [4.78, 5) is 10.9. The van der Waals surface area contributed by atoms with Gasteiger partial charge in [0, 0.05) is 0 Å². The molecule has 0 spiro atoms. The molecule has 0 fully saturated rings. The van der Waals surface area contributed by atoms with Crippen LogP contribution in [0.2, 0.25) is 0 Å². The molecule has 11 heavy (non-hydrogen) atoms. The summed E-state index contributed by atoms with van der Waals surface area (Å²) in [5.74, 6) is -0.844. The summed E-state index contributed by atoms with van der Waals surface area (Å²) >= 11 is 4.58. The van der Waals surface area contributed by atoms with Crippen molar-refractivity contribution in [3.63, 3.8) is 0 Å². The van der Waals surface area contributed by atoms with Crippen LogP contribution in [0.3, 0.4) is 0 Å². The Morgan fingerprint density at radius 3 is 2.64 bits per heavy atom. The SMILES string of the molecule is CCC=C(SC(C)Br)C(=O)O. The highest BCUT2D eigenvalue weighted by atomic mass is 79.9. The van der Waals surface area contributed by atoms with Gasteiger partial charge in [0.1, 0.15) is 0 Å². The summed E-state index contributed by atoms with van der Waals surface area (Å²) in [5.41, 5.74) is 0. The maximum atomic E-state index is 10.5. The van der Waals surface area contributed by atoms with Crippen LogP contribution in [-0.2, 0) is 4.79 Å². The molecule has 1 atom stereocenters. The minimum atomic E-state index is -0.844. The van der Waals surface area contributed by atoms with E-state index in [1.807, 2.05) is 13.8 Å². The average Bonchev–Trinajstić information content (AvgIpc) is 1.86. The molecule has 0 radical (unpaired) electrons. The van der Waals surface area contributed by atoms with Gasteiger partial charge in [-0.25, -0.2) is 4.79 Å². The second-order valence-electron chi connectivity index (χ2n) is 1.94. The number of hydrogen-bond donors (Lipinski definition) is 1. The molecule has 1 unspecified atom stereocenters. The van der Waals surface area contributed by atoms with Gasteiger partial charge in [-0.3, -0.25) is 0 Å². The zero-order valence-corrected chi connectivity index (χ0v) is 8.91. The lowest BCUT2D eigenvalue weighted by Gasteiger charge is -2.02. The maximum absolute atomic E-state index is 10.5. The van der Waals surface area contributed by atoms with Crippen molar-refractivity contribution in [2.75, 3.05) is 0 Å². The standard InChI is InChI=1S/C7H11BrO2S/c1-3-4-6(7(9)10)11-5(2)8/h4-5H,3H2,1-2H3,(H,9,10). The predicted molar refractivity (Wildman–Crippen MR) is 52.0 cm³/mol. The molecule has 0 heterocycles. The van der Waals surface area contributed by atoms with E-state index in [1.54, 1.807) is 6.08 Å². The summed E-state index contributed by atoms with van der Waals surface area (Å²) in [7, 11) is 0. The molecule has 0 aliphatic carbocycles. The van der Waals surface area contributed by atoms with Gasteiger partial charge < -0.3 is 5.11 Å². The van der Waals surface area contributed by atoms with Crippen molar-refractivity contribution in [3.05, 3.63) is 11.0 Å². The van der Waals surface area contributed by atoms with Gasteiger partial charge in [0.15, 0.2) is 0 Å². The zero-order valence-electron chi connectivity index (χ0n) is 6.50. The van der Waals surface area contributed by atoms with E-state index in [0.717, 1.165) is 6.42 Å². The fraction of sp³-hybridized carbons (Fsp3) is 0.571. The Morgan fingerprint density at radius 2 is 2.36 bits per heavy atom. The number of thioether (sulfide) groups is 1. The normalized spacial score (nSPS) is 14.6. The van der Waals surface area contributed by atoms with E-state index in [9.17, 15) is 4.79 Å². The predicted octanol–water partition coefficient (Wildman–Crippen LogP) is 2.84. The molecule has 0 aromatic carbocycles. The van der Waals surface area contributed by atoms with Gasteiger partial charge >= 0.3 is 5.97 Å². The number of carbonyl (C=O) groups is 1. The summed E-state index contributed by atoms with van der Waals surface area (Å²) in [5, 5.41) is 8.64. The van der Waals surface area contributed by atoms with Crippen LogP contribution in [0.4, 0.5) is 0 Å². The van der Waals surface area contributed by atoms with E-state index in [-0.39, 0.29) is 4.16 Å². The Bertz CT molecular complexity index is 166. The first kappa shape index (κ1) is 11.0. The summed E-state index contributed by atoms with van der Waals surface area (Å²) < 4.78 is 0.149. The second kappa shape index (κ2) is 5.66. The Kier molecular flexibility index (Phi) is 5.68. The molecule has 4 heteroatoms. The van der Waals surface area contributed by atoms with E-state index in [2.05, 4.69) is 15.9 Å².